The first kappa shape index (κ1) is 25.2. The number of fused-ring (bicyclic) bond motifs is 1. The molecule has 1 fully saturated rings. The van der Waals surface area contributed by atoms with Crippen LogP contribution in [0.5, 0.6) is 5.75 Å². The molecule has 4 rings (SSSR count). The van der Waals surface area contributed by atoms with Crippen LogP contribution in [-0.4, -0.2) is 47.4 Å². The van der Waals surface area contributed by atoms with Crippen molar-refractivity contribution in [3.8, 4) is 5.75 Å². The highest BCUT2D eigenvalue weighted by Gasteiger charge is 2.42. The van der Waals surface area contributed by atoms with Crippen molar-refractivity contribution in [2.75, 3.05) is 19.7 Å². The van der Waals surface area contributed by atoms with Crippen LogP contribution in [0.25, 0.3) is 0 Å². The van der Waals surface area contributed by atoms with Crippen LogP contribution in [0.3, 0.4) is 0 Å². The number of piperidine rings is 1. The molecule has 188 valence electrons. The second-order valence-electron chi connectivity index (χ2n) is 10.6. The molecule has 0 bridgehead atoms. The van der Waals surface area contributed by atoms with Crippen LogP contribution in [0.1, 0.15) is 74.7 Å². The molecule has 0 saturated carbocycles. The number of para-hydroxylation sites is 1. The summed E-state index contributed by atoms with van der Waals surface area (Å²) in [5.41, 5.74) is 1.43. The molecular weight excluding hydrogens is 438 g/mol. The van der Waals surface area contributed by atoms with Gasteiger partial charge in [-0.05, 0) is 68.2 Å². The average Bonchev–Trinajstić information content (AvgIpc) is 2.88. The van der Waals surface area contributed by atoms with E-state index in [1.807, 2.05) is 17.0 Å². The highest BCUT2D eigenvalue weighted by atomic mass is 16.5. The van der Waals surface area contributed by atoms with E-state index in [9.17, 15) is 9.59 Å². The van der Waals surface area contributed by atoms with Gasteiger partial charge in [0, 0.05) is 25.5 Å². The lowest BCUT2D eigenvalue weighted by atomic mass is 9.73. The lowest BCUT2D eigenvalue weighted by Gasteiger charge is -2.41. The summed E-state index contributed by atoms with van der Waals surface area (Å²) in [5.74, 6) is 1.52. The maximum Gasteiger partial charge on any atom is 0.255 e. The van der Waals surface area contributed by atoms with Crippen molar-refractivity contribution in [2.24, 2.45) is 11.3 Å². The Kier molecular flexibility index (Phi) is 8.42. The number of hydrogen-bond donors (Lipinski definition) is 1. The van der Waals surface area contributed by atoms with Gasteiger partial charge in [-0.25, -0.2) is 0 Å². The van der Waals surface area contributed by atoms with Crippen molar-refractivity contribution in [3.63, 3.8) is 0 Å². The van der Waals surface area contributed by atoms with Gasteiger partial charge in [-0.1, -0.05) is 44.9 Å². The largest absolute Gasteiger partial charge is 0.491 e. The van der Waals surface area contributed by atoms with Crippen LogP contribution in [0.4, 0.5) is 0 Å². The van der Waals surface area contributed by atoms with Gasteiger partial charge in [0.05, 0.1) is 17.0 Å². The summed E-state index contributed by atoms with van der Waals surface area (Å²) in [4.78, 5) is 32.7. The summed E-state index contributed by atoms with van der Waals surface area (Å²) in [5, 5.41) is 3.38. The minimum absolute atomic E-state index is 0.00171. The number of nitrogens with one attached hydrogen (secondary N) is 1. The molecule has 6 heteroatoms. The van der Waals surface area contributed by atoms with Gasteiger partial charge in [0.2, 0.25) is 5.91 Å². The van der Waals surface area contributed by atoms with Crippen molar-refractivity contribution < 1.29 is 14.3 Å². The van der Waals surface area contributed by atoms with Gasteiger partial charge in [-0.3, -0.25) is 14.6 Å². The van der Waals surface area contributed by atoms with Gasteiger partial charge in [0.15, 0.2) is 0 Å². The molecule has 2 aromatic rings. The molecule has 2 amide bonds. The van der Waals surface area contributed by atoms with Crippen molar-refractivity contribution in [1.29, 1.82) is 0 Å². The number of aryl methyl sites for hydroxylation is 1. The fourth-order valence-electron chi connectivity index (χ4n) is 5.47. The van der Waals surface area contributed by atoms with Crippen molar-refractivity contribution in [1.82, 2.24) is 15.2 Å². The number of rotatable bonds is 3. The van der Waals surface area contributed by atoms with Crippen molar-refractivity contribution >= 4 is 11.8 Å². The summed E-state index contributed by atoms with van der Waals surface area (Å²) in [6.45, 7) is 6.03. The summed E-state index contributed by atoms with van der Waals surface area (Å²) in [6.07, 6.45) is 10.6. The van der Waals surface area contributed by atoms with E-state index >= 15 is 0 Å². The Balaban J connectivity index is 1.49. The van der Waals surface area contributed by atoms with E-state index < -0.39 is 5.41 Å². The monoisotopic (exact) mass is 477 g/mol. The number of nitrogens with zero attached hydrogens (tertiary/aromatic N) is 2. The number of benzene rings is 1. The third-order valence-electron chi connectivity index (χ3n) is 7.50. The van der Waals surface area contributed by atoms with Gasteiger partial charge in [-0.15, -0.1) is 0 Å². The van der Waals surface area contributed by atoms with E-state index in [2.05, 4.69) is 36.3 Å². The van der Waals surface area contributed by atoms with Gasteiger partial charge >= 0.3 is 0 Å². The zero-order valence-electron chi connectivity index (χ0n) is 21.2. The van der Waals surface area contributed by atoms with Crippen LogP contribution in [0.2, 0.25) is 0 Å². The number of hydrogen-bond acceptors (Lipinski definition) is 4. The quantitative estimate of drug-likeness (QED) is 0.673. The summed E-state index contributed by atoms with van der Waals surface area (Å²) in [6, 6.07) is 11.8. The summed E-state index contributed by atoms with van der Waals surface area (Å²) in [7, 11) is 0. The van der Waals surface area contributed by atoms with Crippen molar-refractivity contribution in [2.45, 2.75) is 71.3 Å². The highest BCUT2D eigenvalue weighted by molar-refractivity contribution is 5.94. The minimum Gasteiger partial charge on any atom is -0.491 e. The fourth-order valence-corrected chi connectivity index (χ4v) is 5.47. The molecule has 1 atom stereocenters. The average molecular weight is 478 g/mol. The molecule has 2 aliphatic heterocycles. The van der Waals surface area contributed by atoms with Crippen LogP contribution < -0.4 is 10.1 Å². The summed E-state index contributed by atoms with van der Waals surface area (Å²) < 4.78 is 6.26. The van der Waals surface area contributed by atoms with Crippen molar-refractivity contribution in [3.05, 3.63) is 59.9 Å². The zero-order chi connectivity index (χ0) is 24.7. The summed E-state index contributed by atoms with van der Waals surface area (Å²) >= 11 is 0. The van der Waals surface area contributed by atoms with Crippen LogP contribution in [-0.2, 0) is 11.2 Å². The van der Waals surface area contributed by atoms with Gasteiger partial charge in [0.25, 0.3) is 5.91 Å². The van der Waals surface area contributed by atoms with E-state index in [1.54, 1.807) is 24.5 Å². The first-order chi connectivity index (χ1) is 17.0. The van der Waals surface area contributed by atoms with Crippen LogP contribution in [0, 0.1) is 11.3 Å². The Bertz CT molecular complexity index is 984. The minimum atomic E-state index is -0.429. The third-order valence-corrected chi connectivity index (χ3v) is 7.50. The van der Waals surface area contributed by atoms with Gasteiger partial charge in [0.1, 0.15) is 12.4 Å². The molecule has 6 nitrogen and oxygen atoms in total. The maximum absolute atomic E-state index is 13.8. The van der Waals surface area contributed by atoms with Crippen LogP contribution in [0.15, 0.2) is 48.8 Å². The first-order valence-corrected chi connectivity index (χ1v) is 13.2. The lowest BCUT2D eigenvalue weighted by Crippen LogP contribution is -2.53. The Hall–Kier alpha value is -2.89. The Morgan fingerprint density at radius 1 is 1.11 bits per heavy atom. The predicted molar refractivity (Wildman–Crippen MR) is 137 cm³/mol. The molecule has 1 aromatic carbocycles. The van der Waals surface area contributed by atoms with Gasteiger partial charge in [-0.2, -0.15) is 0 Å². The highest BCUT2D eigenvalue weighted by Crippen LogP contribution is 2.38. The molecule has 0 unspecified atom stereocenters. The molecule has 0 radical (unpaired) electrons. The number of ether oxygens (including phenoxy) is 1. The Labute approximate surface area is 209 Å². The number of likely N-dealkylation sites (tertiary alicyclic amines) is 1. The third kappa shape index (κ3) is 6.41. The number of amides is 2. The molecule has 1 N–H and O–H groups in total. The Morgan fingerprint density at radius 2 is 1.91 bits per heavy atom. The topological polar surface area (TPSA) is 71.5 Å². The molecule has 1 saturated heterocycles. The van der Waals surface area contributed by atoms with E-state index in [0.29, 0.717) is 44.0 Å². The number of carbonyl (C=O) groups excluding carboxylic acids is 2. The molecule has 1 spiro atoms. The van der Waals surface area contributed by atoms with E-state index in [-0.39, 0.29) is 17.9 Å². The standard InChI is InChI=1S/C29H39N3O3/c1-22(2)19-25-21-35-26-12-6-5-10-23(26)9-4-3-7-13-29(28(34)31-25)14-17-32(18-15-29)27(33)24-11-8-16-30-20-24/h5-6,8,10-12,16,20,22,25H,3-4,7,9,13-15,17-19,21H2,1-2H3,(H,31,34)/t25-/m0/s1. The van der Waals surface area contributed by atoms with E-state index in [1.165, 1.54) is 5.56 Å². The lowest BCUT2D eigenvalue weighted by molar-refractivity contribution is -0.135. The second-order valence-corrected chi connectivity index (χ2v) is 10.6. The molecule has 3 heterocycles. The van der Waals surface area contributed by atoms with E-state index in [4.69, 9.17) is 4.74 Å². The smallest absolute Gasteiger partial charge is 0.255 e. The second kappa shape index (κ2) is 11.7. The SMILES string of the molecule is CC(C)C[C@H]1COc2ccccc2CCCCCC2(CCN(C(=O)c3cccnc3)CC2)C(=O)N1. The molecular formula is C29H39N3O3. The van der Waals surface area contributed by atoms with Crippen LogP contribution >= 0.6 is 0 Å². The Morgan fingerprint density at radius 3 is 2.66 bits per heavy atom. The van der Waals surface area contributed by atoms with Gasteiger partial charge < -0.3 is 15.0 Å². The number of aromatic nitrogens is 1. The molecule has 1 aromatic heterocycles. The predicted octanol–water partition coefficient (Wildman–Crippen LogP) is 5.03. The van der Waals surface area contributed by atoms with E-state index in [0.717, 1.165) is 44.3 Å². The number of pyridine rings is 1. The normalized spacial score (nSPS) is 21.2. The maximum atomic E-state index is 13.8. The fraction of sp³-hybridized carbons (Fsp3) is 0.552. The zero-order valence-corrected chi connectivity index (χ0v) is 21.2. The molecule has 0 aliphatic carbocycles. The first-order valence-electron chi connectivity index (χ1n) is 13.2. The number of carbonyl (C=O) groups is 2. The molecule has 2 aliphatic rings. The molecule has 35 heavy (non-hydrogen) atoms.